The molecule has 0 unspecified atom stereocenters. The number of carbonyl (C=O) groups excluding carboxylic acids is 2. The Hall–Kier alpha value is -2.10. The van der Waals surface area contributed by atoms with Crippen molar-refractivity contribution >= 4 is 55.5 Å². The summed E-state index contributed by atoms with van der Waals surface area (Å²) in [7, 11) is -2.45. The summed E-state index contributed by atoms with van der Waals surface area (Å²) in [5.74, 6) is -1.06. The quantitative estimate of drug-likeness (QED) is 0.648. The Kier molecular flexibility index (Phi) is 6.74. The van der Waals surface area contributed by atoms with E-state index in [0.717, 1.165) is 46.7 Å². The van der Waals surface area contributed by atoms with Gasteiger partial charge >= 0.3 is 5.97 Å². The fourth-order valence-electron chi connectivity index (χ4n) is 3.50. The van der Waals surface area contributed by atoms with Crippen LogP contribution in [-0.4, -0.2) is 40.2 Å². The van der Waals surface area contributed by atoms with E-state index in [-0.39, 0.29) is 0 Å². The third-order valence-corrected chi connectivity index (χ3v) is 7.51. The Morgan fingerprint density at radius 2 is 1.97 bits per heavy atom. The first kappa shape index (κ1) is 22.6. The molecule has 1 aliphatic rings. The van der Waals surface area contributed by atoms with Crippen LogP contribution in [0.5, 0.6) is 0 Å². The molecule has 1 aliphatic carbocycles. The Morgan fingerprint density at radius 1 is 1.27 bits per heavy atom. The molecule has 1 N–H and O–H groups in total. The molecule has 30 heavy (non-hydrogen) atoms. The number of amides is 1. The van der Waals surface area contributed by atoms with Gasteiger partial charge in [-0.1, -0.05) is 17.7 Å². The van der Waals surface area contributed by atoms with Gasteiger partial charge in [0, 0.05) is 9.90 Å². The highest BCUT2D eigenvalue weighted by Crippen LogP contribution is 2.38. The van der Waals surface area contributed by atoms with Crippen LogP contribution in [0, 0.1) is 6.92 Å². The van der Waals surface area contributed by atoms with Crippen molar-refractivity contribution < 1.29 is 22.7 Å². The molecule has 1 aromatic heterocycles. The van der Waals surface area contributed by atoms with E-state index in [1.54, 1.807) is 19.1 Å². The van der Waals surface area contributed by atoms with Crippen LogP contribution in [0.1, 0.15) is 39.2 Å². The summed E-state index contributed by atoms with van der Waals surface area (Å²) in [6.07, 6.45) is 4.62. The maximum absolute atomic E-state index is 12.8. The van der Waals surface area contributed by atoms with Gasteiger partial charge in [-0.15, -0.1) is 11.3 Å². The molecule has 0 bridgehead atoms. The normalized spacial score (nSPS) is 13.5. The minimum atomic E-state index is -3.75. The van der Waals surface area contributed by atoms with Crippen molar-refractivity contribution in [2.75, 3.05) is 29.5 Å². The molecule has 0 aliphatic heterocycles. The first-order valence-electron chi connectivity index (χ1n) is 9.38. The van der Waals surface area contributed by atoms with Crippen molar-refractivity contribution in [3.8, 4) is 0 Å². The average Bonchev–Trinajstić information content (AvgIpc) is 3.04. The molecule has 3 rings (SSSR count). The molecule has 0 spiro atoms. The summed E-state index contributed by atoms with van der Waals surface area (Å²) in [5.41, 5.74) is 2.28. The number of fused-ring (bicyclic) bond motifs is 1. The number of ether oxygens (including phenoxy) is 1. The first-order chi connectivity index (χ1) is 14.1. The topological polar surface area (TPSA) is 92.8 Å². The van der Waals surface area contributed by atoms with Crippen LogP contribution in [0.4, 0.5) is 10.7 Å². The van der Waals surface area contributed by atoms with E-state index < -0.39 is 28.4 Å². The van der Waals surface area contributed by atoms with Crippen molar-refractivity contribution in [2.45, 2.75) is 32.6 Å². The second kappa shape index (κ2) is 8.95. The number of benzene rings is 1. The number of methoxy groups -OCH3 is 1. The van der Waals surface area contributed by atoms with Gasteiger partial charge < -0.3 is 10.1 Å². The number of nitrogens with zero attached hydrogens (tertiary/aromatic N) is 1. The molecule has 2 aromatic rings. The van der Waals surface area contributed by atoms with Crippen LogP contribution in [0.15, 0.2) is 18.2 Å². The van der Waals surface area contributed by atoms with Crippen LogP contribution >= 0.6 is 22.9 Å². The highest BCUT2D eigenvalue weighted by atomic mass is 35.5. The van der Waals surface area contributed by atoms with Gasteiger partial charge in [-0.2, -0.15) is 0 Å². The average molecular weight is 471 g/mol. The van der Waals surface area contributed by atoms with Gasteiger partial charge in [0.2, 0.25) is 15.9 Å². The SMILES string of the molecule is COC(=O)c1c(NC(=O)CN(c2cc(Cl)ccc2C)S(C)(=O)=O)sc2c1CCCC2. The van der Waals surface area contributed by atoms with E-state index in [1.807, 2.05) is 0 Å². The van der Waals surface area contributed by atoms with Crippen LogP contribution in [0.3, 0.4) is 0 Å². The van der Waals surface area contributed by atoms with Crippen molar-refractivity contribution in [1.29, 1.82) is 0 Å². The molecule has 0 fully saturated rings. The van der Waals surface area contributed by atoms with E-state index in [2.05, 4.69) is 5.32 Å². The van der Waals surface area contributed by atoms with Gasteiger partial charge in [-0.3, -0.25) is 9.10 Å². The number of sulfonamides is 1. The van der Waals surface area contributed by atoms with Gasteiger partial charge in [0.25, 0.3) is 0 Å². The van der Waals surface area contributed by atoms with Crippen molar-refractivity contribution in [3.63, 3.8) is 0 Å². The van der Waals surface area contributed by atoms with Crippen molar-refractivity contribution in [2.24, 2.45) is 0 Å². The van der Waals surface area contributed by atoms with Gasteiger partial charge in [0.15, 0.2) is 0 Å². The molecule has 10 heteroatoms. The van der Waals surface area contributed by atoms with E-state index in [1.165, 1.54) is 24.5 Å². The monoisotopic (exact) mass is 470 g/mol. The second-order valence-corrected chi connectivity index (χ2v) is 10.6. The molecule has 7 nitrogen and oxygen atoms in total. The first-order valence-corrected chi connectivity index (χ1v) is 12.4. The van der Waals surface area contributed by atoms with E-state index in [9.17, 15) is 18.0 Å². The maximum atomic E-state index is 12.8. The molecule has 1 heterocycles. The fourth-order valence-corrected chi connectivity index (χ4v) is 5.87. The van der Waals surface area contributed by atoms with Gasteiger partial charge in [0.05, 0.1) is 24.6 Å². The summed E-state index contributed by atoms with van der Waals surface area (Å²) in [6.45, 7) is 1.30. The fraction of sp³-hybridized carbons (Fsp3) is 0.400. The molecule has 0 saturated carbocycles. The number of nitrogens with one attached hydrogen (secondary N) is 1. The van der Waals surface area contributed by atoms with Gasteiger partial charge in [-0.25, -0.2) is 13.2 Å². The van der Waals surface area contributed by atoms with Crippen molar-refractivity contribution in [1.82, 2.24) is 0 Å². The number of aryl methyl sites for hydroxylation is 2. The number of rotatable bonds is 6. The smallest absolute Gasteiger partial charge is 0.341 e. The van der Waals surface area contributed by atoms with E-state index in [4.69, 9.17) is 16.3 Å². The Balaban J connectivity index is 1.91. The Morgan fingerprint density at radius 3 is 2.63 bits per heavy atom. The lowest BCUT2D eigenvalue weighted by Crippen LogP contribution is -2.38. The standard InChI is InChI=1S/C20H23ClN2O5S2/c1-12-8-9-13(21)10-15(12)23(30(3,26)27)11-17(24)22-19-18(20(25)28-2)14-6-4-5-7-16(14)29-19/h8-10H,4-7,11H2,1-3H3,(H,22,24). The molecule has 0 saturated heterocycles. The zero-order valence-electron chi connectivity index (χ0n) is 17.0. The van der Waals surface area contributed by atoms with Crippen molar-refractivity contribution in [3.05, 3.63) is 44.8 Å². The third-order valence-electron chi connectivity index (χ3n) is 4.94. The highest BCUT2D eigenvalue weighted by molar-refractivity contribution is 7.92. The number of carbonyl (C=O) groups is 2. The van der Waals surface area contributed by atoms with Crippen LogP contribution in [0.25, 0.3) is 0 Å². The molecule has 162 valence electrons. The minimum absolute atomic E-state index is 0.332. The maximum Gasteiger partial charge on any atom is 0.341 e. The van der Waals surface area contributed by atoms with Crippen LogP contribution in [-0.2, 0) is 32.4 Å². The zero-order chi connectivity index (χ0) is 22.1. The Bertz CT molecular complexity index is 1090. The number of thiophene rings is 1. The third kappa shape index (κ3) is 4.79. The lowest BCUT2D eigenvalue weighted by Gasteiger charge is -2.23. The predicted molar refractivity (Wildman–Crippen MR) is 119 cm³/mol. The number of hydrogen-bond acceptors (Lipinski definition) is 6. The van der Waals surface area contributed by atoms with E-state index in [0.29, 0.717) is 26.8 Å². The van der Waals surface area contributed by atoms with Gasteiger partial charge in [0.1, 0.15) is 11.5 Å². The second-order valence-electron chi connectivity index (χ2n) is 7.16. The minimum Gasteiger partial charge on any atom is -0.465 e. The number of anilines is 2. The lowest BCUT2D eigenvalue weighted by molar-refractivity contribution is -0.114. The summed E-state index contributed by atoms with van der Waals surface area (Å²) in [6, 6.07) is 4.85. The largest absolute Gasteiger partial charge is 0.465 e. The summed E-state index contributed by atoms with van der Waals surface area (Å²) in [5, 5.41) is 3.49. The number of halogens is 1. The Labute approximate surface area is 185 Å². The van der Waals surface area contributed by atoms with E-state index >= 15 is 0 Å². The zero-order valence-corrected chi connectivity index (χ0v) is 19.3. The number of hydrogen-bond donors (Lipinski definition) is 1. The van der Waals surface area contributed by atoms with Gasteiger partial charge in [-0.05, 0) is 55.9 Å². The molecule has 1 aromatic carbocycles. The predicted octanol–water partition coefficient (Wildman–Crippen LogP) is 3.78. The molecule has 0 atom stereocenters. The molecular formula is C20H23ClN2O5S2. The van der Waals surface area contributed by atoms with Crippen LogP contribution in [0.2, 0.25) is 5.02 Å². The lowest BCUT2D eigenvalue weighted by atomic mass is 9.95. The summed E-state index contributed by atoms with van der Waals surface area (Å²) in [4.78, 5) is 26.2. The number of esters is 1. The molecule has 1 amide bonds. The highest BCUT2D eigenvalue weighted by Gasteiger charge is 2.28. The summed E-state index contributed by atoms with van der Waals surface area (Å²) < 4.78 is 30.7. The summed E-state index contributed by atoms with van der Waals surface area (Å²) >= 11 is 7.38. The van der Waals surface area contributed by atoms with Crippen LogP contribution < -0.4 is 9.62 Å². The molecular weight excluding hydrogens is 448 g/mol. The molecule has 0 radical (unpaired) electrons.